The van der Waals surface area contributed by atoms with E-state index in [-0.39, 0.29) is 18.5 Å². The van der Waals surface area contributed by atoms with Crippen molar-refractivity contribution in [3.05, 3.63) is 36.5 Å². The molecule has 0 fully saturated rings. The molecule has 6 nitrogen and oxygen atoms in total. The summed E-state index contributed by atoms with van der Waals surface area (Å²) in [6.07, 6.45) is 80.8. The summed E-state index contributed by atoms with van der Waals surface area (Å²) in [6, 6.07) is -0.626. The van der Waals surface area contributed by atoms with Crippen molar-refractivity contribution in [2.75, 3.05) is 13.2 Å². The van der Waals surface area contributed by atoms with Crippen LogP contribution in [-0.4, -0.2) is 47.4 Å². The molecule has 0 rings (SSSR count). The molecule has 0 aromatic heterocycles. The minimum atomic E-state index is -0.842. The first-order valence-corrected chi connectivity index (χ1v) is 33.3. The third kappa shape index (κ3) is 59.3. The standard InChI is InChI=1S/C68H129NO5/c1-3-5-7-9-11-13-15-16-17-36-39-42-46-50-54-58-62-68(73)74-63-59-55-51-47-43-40-37-34-32-30-28-26-24-22-20-18-19-21-23-25-27-29-31-33-35-38-41-45-49-53-57-61-67(72)69-65(64-70)66(71)60-56-52-48-44-14-12-10-8-6-4-2/h20,22,26,28,56,60,65-66,70-71H,3-19,21,23-25,27,29-55,57-59,61-64H2,1-2H3,(H,69,72)/b22-20-,28-26-,60-56+. The first-order valence-electron chi connectivity index (χ1n) is 33.3. The van der Waals surface area contributed by atoms with E-state index in [2.05, 4.69) is 43.5 Å². The van der Waals surface area contributed by atoms with Gasteiger partial charge in [0.25, 0.3) is 0 Å². The summed E-state index contributed by atoms with van der Waals surface area (Å²) in [5, 5.41) is 23.0. The second kappa shape index (κ2) is 63.6. The summed E-state index contributed by atoms with van der Waals surface area (Å²) in [5.74, 6) is -0.0520. The van der Waals surface area contributed by atoms with Gasteiger partial charge in [-0.3, -0.25) is 9.59 Å². The number of esters is 1. The number of aliphatic hydroxyl groups is 2. The van der Waals surface area contributed by atoms with E-state index >= 15 is 0 Å². The highest BCUT2D eigenvalue weighted by molar-refractivity contribution is 5.76. The lowest BCUT2D eigenvalue weighted by Gasteiger charge is -2.20. The van der Waals surface area contributed by atoms with E-state index < -0.39 is 12.1 Å². The van der Waals surface area contributed by atoms with Gasteiger partial charge in [-0.25, -0.2) is 0 Å². The number of ether oxygens (including phenoxy) is 1. The monoisotopic (exact) mass is 1040 g/mol. The van der Waals surface area contributed by atoms with Crippen LogP contribution in [0.25, 0.3) is 0 Å². The maximum Gasteiger partial charge on any atom is 0.305 e. The Hall–Kier alpha value is -1.92. The maximum absolute atomic E-state index is 12.4. The molecule has 2 atom stereocenters. The number of aliphatic hydroxyl groups excluding tert-OH is 2. The van der Waals surface area contributed by atoms with Crippen LogP contribution in [0.5, 0.6) is 0 Å². The highest BCUT2D eigenvalue weighted by Crippen LogP contribution is 2.18. The minimum Gasteiger partial charge on any atom is -0.466 e. The number of rotatable bonds is 62. The number of carbonyl (C=O) groups is 2. The Kier molecular flexibility index (Phi) is 62.0. The van der Waals surface area contributed by atoms with Crippen LogP contribution in [0, 0.1) is 0 Å². The Morgan fingerprint density at radius 1 is 0.378 bits per heavy atom. The van der Waals surface area contributed by atoms with E-state index in [0.29, 0.717) is 19.4 Å². The van der Waals surface area contributed by atoms with Gasteiger partial charge in [-0.05, 0) is 64.2 Å². The van der Waals surface area contributed by atoms with Gasteiger partial charge < -0.3 is 20.3 Å². The van der Waals surface area contributed by atoms with Crippen LogP contribution in [0.15, 0.2) is 36.5 Å². The molecule has 1 amide bonds. The molecule has 0 aromatic carbocycles. The molecule has 0 aliphatic heterocycles. The number of unbranched alkanes of at least 4 members (excludes halogenated alkanes) is 47. The van der Waals surface area contributed by atoms with E-state index in [0.717, 1.165) is 44.9 Å². The Balaban J connectivity index is 3.37. The van der Waals surface area contributed by atoms with Crippen LogP contribution in [0.4, 0.5) is 0 Å². The lowest BCUT2D eigenvalue weighted by atomic mass is 10.0. The van der Waals surface area contributed by atoms with E-state index in [1.54, 1.807) is 6.08 Å². The van der Waals surface area contributed by atoms with Gasteiger partial charge in [0.2, 0.25) is 5.91 Å². The number of nitrogens with one attached hydrogen (secondary N) is 1. The van der Waals surface area contributed by atoms with Crippen LogP contribution < -0.4 is 5.32 Å². The molecule has 0 aliphatic rings. The van der Waals surface area contributed by atoms with E-state index in [1.807, 2.05) is 6.08 Å². The second-order valence-corrected chi connectivity index (χ2v) is 22.8. The smallest absolute Gasteiger partial charge is 0.305 e. The SMILES string of the molecule is CCCCCCCCCC/C=C/C(O)C(CO)NC(=O)CCCCCCCCCCCCCCCCC/C=C\C/C=C\CCCCCCCCCCCOC(=O)CCCCCCCCCCCCCCCCCC. The molecule has 3 N–H and O–H groups in total. The van der Waals surface area contributed by atoms with Gasteiger partial charge in [-0.1, -0.05) is 320 Å². The average Bonchev–Trinajstić information content (AvgIpc) is 3.40. The highest BCUT2D eigenvalue weighted by atomic mass is 16.5. The molecule has 0 aliphatic carbocycles. The van der Waals surface area contributed by atoms with Crippen LogP contribution in [-0.2, 0) is 14.3 Å². The number of amides is 1. The quantitative estimate of drug-likeness (QED) is 0.0320. The molecule has 0 radical (unpaired) electrons. The lowest BCUT2D eigenvalue weighted by Crippen LogP contribution is -2.45. The predicted molar refractivity (Wildman–Crippen MR) is 324 cm³/mol. The zero-order valence-corrected chi connectivity index (χ0v) is 49.8. The first kappa shape index (κ1) is 72.1. The Morgan fingerprint density at radius 3 is 1.03 bits per heavy atom. The molecule has 6 heteroatoms. The number of hydrogen-bond donors (Lipinski definition) is 3. The van der Waals surface area contributed by atoms with Crippen molar-refractivity contribution in [1.82, 2.24) is 5.32 Å². The lowest BCUT2D eigenvalue weighted by molar-refractivity contribution is -0.143. The molecule has 0 spiro atoms. The van der Waals surface area contributed by atoms with Crippen molar-refractivity contribution < 1.29 is 24.5 Å². The Bertz CT molecular complexity index is 1200. The van der Waals surface area contributed by atoms with Gasteiger partial charge in [-0.15, -0.1) is 0 Å². The van der Waals surface area contributed by atoms with Gasteiger partial charge in [0.15, 0.2) is 0 Å². The highest BCUT2D eigenvalue weighted by Gasteiger charge is 2.18. The van der Waals surface area contributed by atoms with Crippen molar-refractivity contribution >= 4 is 11.9 Å². The molecule has 0 saturated heterocycles. The summed E-state index contributed by atoms with van der Waals surface area (Å²) in [5.41, 5.74) is 0. The summed E-state index contributed by atoms with van der Waals surface area (Å²) in [6.45, 7) is 4.90. The number of hydrogen-bond acceptors (Lipinski definition) is 5. The average molecular weight is 1040 g/mol. The van der Waals surface area contributed by atoms with Crippen molar-refractivity contribution in [2.24, 2.45) is 0 Å². The van der Waals surface area contributed by atoms with E-state index in [9.17, 15) is 19.8 Å². The van der Waals surface area contributed by atoms with Crippen molar-refractivity contribution in [3.63, 3.8) is 0 Å². The number of carbonyl (C=O) groups excluding carboxylic acids is 2. The zero-order chi connectivity index (χ0) is 53.6. The van der Waals surface area contributed by atoms with Crippen LogP contribution >= 0.6 is 0 Å². The van der Waals surface area contributed by atoms with Crippen molar-refractivity contribution in [1.29, 1.82) is 0 Å². The number of allylic oxidation sites excluding steroid dienone is 5. The molecular weight excluding hydrogens is 911 g/mol. The summed E-state index contributed by atoms with van der Waals surface area (Å²) in [4.78, 5) is 24.5. The molecule has 2 unspecified atom stereocenters. The third-order valence-electron chi connectivity index (χ3n) is 15.4. The van der Waals surface area contributed by atoms with Crippen molar-refractivity contribution in [3.8, 4) is 0 Å². The van der Waals surface area contributed by atoms with Gasteiger partial charge in [-0.2, -0.15) is 0 Å². The third-order valence-corrected chi connectivity index (χ3v) is 15.4. The second-order valence-electron chi connectivity index (χ2n) is 22.8. The summed E-state index contributed by atoms with van der Waals surface area (Å²) in [7, 11) is 0. The van der Waals surface area contributed by atoms with Gasteiger partial charge in [0.05, 0.1) is 25.4 Å². The summed E-state index contributed by atoms with van der Waals surface area (Å²) >= 11 is 0. The normalized spacial score (nSPS) is 12.8. The molecular formula is C68H129NO5. The Labute approximate surface area is 462 Å². The van der Waals surface area contributed by atoms with Gasteiger partial charge in [0, 0.05) is 12.8 Å². The van der Waals surface area contributed by atoms with Crippen LogP contribution in [0.3, 0.4) is 0 Å². The summed E-state index contributed by atoms with van der Waals surface area (Å²) < 4.78 is 5.50. The fourth-order valence-corrected chi connectivity index (χ4v) is 10.3. The molecule has 0 heterocycles. The van der Waals surface area contributed by atoms with Crippen LogP contribution in [0.2, 0.25) is 0 Å². The zero-order valence-electron chi connectivity index (χ0n) is 49.8. The Morgan fingerprint density at radius 2 is 0.676 bits per heavy atom. The van der Waals surface area contributed by atoms with Gasteiger partial charge >= 0.3 is 5.97 Å². The molecule has 0 bridgehead atoms. The van der Waals surface area contributed by atoms with Gasteiger partial charge in [0.1, 0.15) is 0 Å². The topological polar surface area (TPSA) is 95.9 Å². The predicted octanol–water partition coefficient (Wildman–Crippen LogP) is 21.1. The fraction of sp³-hybridized carbons (Fsp3) is 0.882. The first-order chi connectivity index (χ1) is 36.5. The maximum atomic E-state index is 12.4. The molecule has 0 saturated carbocycles. The van der Waals surface area contributed by atoms with Crippen molar-refractivity contribution in [2.45, 2.75) is 373 Å². The fourth-order valence-electron chi connectivity index (χ4n) is 10.3. The molecule has 0 aromatic rings. The van der Waals surface area contributed by atoms with E-state index in [4.69, 9.17) is 4.74 Å². The molecule has 436 valence electrons. The van der Waals surface area contributed by atoms with Crippen LogP contribution in [0.1, 0.15) is 361 Å². The molecule has 74 heavy (non-hydrogen) atoms. The largest absolute Gasteiger partial charge is 0.466 e. The van der Waals surface area contributed by atoms with E-state index in [1.165, 1.54) is 289 Å². The minimum absolute atomic E-state index is 0.0165.